The number of benzene rings is 1. The highest BCUT2D eigenvalue weighted by Gasteiger charge is 2.35. The van der Waals surface area contributed by atoms with E-state index in [0.29, 0.717) is 13.2 Å². The summed E-state index contributed by atoms with van der Waals surface area (Å²) in [6.45, 7) is 4.23. The van der Waals surface area contributed by atoms with Crippen molar-refractivity contribution < 1.29 is 14.3 Å². The van der Waals surface area contributed by atoms with Crippen molar-refractivity contribution in [3.8, 4) is 0 Å². The molecule has 0 aromatic heterocycles. The summed E-state index contributed by atoms with van der Waals surface area (Å²) in [5, 5.41) is 3.12. The third kappa shape index (κ3) is 5.29. The molecule has 1 amide bonds. The van der Waals surface area contributed by atoms with E-state index in [1.165, 1.54) is 12.0 Å². The van der Waals surface area contributed by atoms with Crippen LogP contribution < -0.4 is 5.32 Å². The summed E-state index contributed by atoms with van der Waals surface area (Å²) in [5.74, 6) is -0.0324. The third-order valence-corrected chi connectivity index (χ3v) is 5.77. The summed E-state index contributed by atoms with van der Waals surface area (Å²) in [5.41, 5.74) is 1.35. The lowest BCUT2D eigenvalue weighted by molar-refractivity contribution is -0.128. The number of rotatable bonds is 7. The molecule has 1 N–H and O–H groups in total. The van der Waals surface area contributed by atoms with E-state index in [-0.39, 0.29) is 24.0 Å². The Labute approximate surface area is 157 Å². The molecule has 2 fully saturated rings. The molecule has 2 aliphatic heterocycles. The number of amides is 1. The summed E-state index contributed by atoms with van der Waals surface area (Å²) in [6, 6.07) is 10.6. The molecule has 0 aliphatic carbocycles. The molecule has 1 aromatic rings. The Morgan fingerprint density at radius 2 is 2.04 bits per heavy atom. The van der Waals surface area contributed by atoms with E-state index >= 15 is 0 Å². The molecular formula is C21H32N2O3. The summed E-state index contributed by atoms with van der Waals surface area (Å²) in [7, 11) is 2.16. The van der Waals surface area contributed by atoms with Crippen LogP contribution in [0.15, 0.2) is 30.3 Å². The van der Waals surface area contributed by atoms with Gasteiger partial charge in [0.1, 0.15) is 6.61 Å². The highest BCUT2D eigenvalue weighted by atomic mass is 16.5. The number of nitrogens with zero attached hydrogens (tertiary/aromatic N) is 1. The SMILES string of the molecule is CN1CCC(CNC(=O)COC[C@@H]2CCCCO2)(c2ccccc2)CC1. The van der Waals surface area contributed by atoms with Crippen LogP contribution in [0.3, 0.4) is 0 Å². The molecule has 2 aliphatic rings. The second kappa shape index (κ2) is 9.49. The standard InChI is InChI=1S/C21H32N2O3/c1-23-12-10-21(11-13-23,18-7-3-2-4-8-18)17-22-20(24)16-25-15-19-9-5-6-14-26-19/h2-4,7-8,19H,5-6,9-17H2,1H3,(H,22,24)/t19-/m0/s1. The van der Waals surface area contributed by atoms with Crippen LogP contribution >= 0.6 is 0 Å². The maximum absolute atomic E-state index is 12.3. The molecule has 5 heteroatoms. The van der Waals surface area contributed by atoms with Crippen molar-refractivity contribution in [2.24, 2.45) is 0 Å². The lowest BCUT2D eigenvalue weighted by Gasteiger charge is -2.41. The van der Waals surface area contributed by atoms with Crippen molar-refractivity contribution in [1.82, 2.24) is 10.2 Å². The van der Waals surface area contributed by atoms with Crippen LogP contribution in [-0.4, -0.2) is 63.4 Å². The molecule has 144 valence electrons. The fourth-order valence-corrected chi connectivity index (χ4v) is 3.95. The Balaban J connectivity index is 1.48. The minimum atomic E-state index is -0.0324. The Morgan fingerprint density at radius 1 is 1.27 bits per heavy atom. The second-order valence-electron chi connectivity index (χ2n) is 7.73. The fraction of sp³-hybridized carbons (Fsp3) is 0.667. The number of hydrogen-bond acceptors (Lipinski definition) is 4. The Kier molecular flexibility index (Phi) is 7.06. The predicted octanol–water partition coefficient (Wildman–Crippen LogP) is 2.35. The molecule has 3 rings (SSSR count). The molecule has 2 saturated heterocycles. The molecule has 0 bridgehead atoms. The van der Waals surface area contributed by atoms with Crippen LogP contribution in [0.5, 0.6) is 0 Å². The Hall–Kier alpha value is -1.43. The van der Waals surface area contributed by atoms with Gasteiger partial charge in [0.2, 0.25) is 5.91 Å². The van der Waals surface area contributed by atoms with Gasteiger partial charge in [-0.3, -0.25) is 4.79 Å². The molecular weight excluding hydrogens is 328 g/mol. The van der Waals surface area contributed by atoms with E-state index in [0.717, 1.165) is 45.4 Å². The average Bonchev–Trinajstić information content (AvgIpc) is 2.69. The predicted molar refractivity (Wildman–Crippen MR) is 102 cm³/mol. The highest BCUT2D eigenvalue weighted by Crippen LogP contribution is 2.34. The molecule has 0 spiro atoms. The van der Waals surface area contributed by atoms with Gasteiger partial charge < -0.3 is 19.7 Å². The van der Waals surface area contributed by atoms with Gasteiger partial charge in [-0.25, -0.2) is 0 Å². The van der Waals surface area contributed by atoms with Gasteiger partial charge in [0, 0.05) is 18.6 Å². The Bertz CT molecular complexity index is 550. The van der Waals surface area contributed by atoms with Crippen molar-refractivity contribution in [1.29, 1.82) is 0 Å². The number of nitrogens with one attached hydrogen (secondary N) is 1. The van der Waals surface area contributed by atoms with Gasteiger partial charge in [-0.1, -0.05) is 30.3 Å². The van der Waals surface area contributed by atoms with Gasteiger partial charge in [-0.15, -0.1) is 0 Å². The van der Waals surface area contributed by atoms with E-state index in [9.17, 15) is 4.79 Å². The largest absolute Gasteiger partial charge is 0.376 e. The molecule has 0 saturated carbocycles. The van der Waals surface area contributed by atoms with Gasteiger partial charge in [-0.05, 0) is 57.8 Å². The smallest absolute Gasteiger partial charge is 0.246 e. The number of piperidine rings is 1. The quantitative estimate of drug-likeness (QED) is 0.811. The first-order valence-electron chi connectivity index (χ1n) is 9.88. The van der Waals surface area contributed by atoms with E-state index in [1.807, 2.05) is 6.07 Å². The van der Waals surface area contributed by atoms with Crippen molar-refractivity contribution in [3.63, 3.8) is 0 Å². The van der Waals surface area contributed by atoms with E-state index in [1.54, 1.807) is 0 Å². The van der Waals surface area contributed by atoms with Gasteiger partial charge in [0.15, 0.2) is 0 Å². The lowest BCUT2D eigenvalue weighted by Crippen LogP contribution is -2.48. The Morgan fingerprint density at radius 3 is 2.73 bits per heavy atom. The molecule has 2 heterocycles. The monoisotopic (exact) mass is 360 g/mol. The van der Waals surface area contributed by atoms with Crippen LogP contribution in [0.2, 0.25) is 0 Å². The zero-order valence-electron chi connectivity index (χ0n) is 15.9. The van der Waals surface area contributed by atoms with Crippen LogP contribution in [0.1, 0.15) is 37.7 Å². The number of likely N-dealkylation sites (tertiary alicyclic amines) is 1. The van der Waals surface area contributed by atoms with E-state index in [4.69, 9.17) is 9.47 Å². The highest BCUT2D eigenvalue weighted by molar-refractivity contribution is 5.77. The van der Waals surface area contributed by atoms with Crippen LogP contribution in [-0.2, 0) is 19.7 Å². The first-order valence-corrected chi connectivity index (χ1v) is 9.88. The minimum absolute atomic E-state index is 0.0237. The van der Waals surface area contributed by atoms with Crippen molar-refractivity contribution in [2.45, 2.75) is 43.6 Å². The first kappa shape index (κ1) is 19.3. The average molecular weight is 360 g/mol. The van der Waals surface area contributed by atoms with Crippen LogP contribution in [0.25, 0.3) is 0 Å². The maximum atomic E-state index is 12.3. The number of carbonyl (C=O) groups is 1. The minimum Gasteiger partial charge on any atom is -0.376 e. The number of ether oxygens (including phenoxy) is 2. The summed E-state index contributed by atoms with van der Waals surface area (Å²) < 4.78 is 11.2. The molecule has 1 atom stereocenters. The zero-order chi connectivity index (χ0) is 18.2. The summed E-state index contributed by atoms with van der Waals surface area (Å²) in [6.07, 6.45) is 5.63. The maximum Gasteiger partial charge on any atom is 0.246 e. The summed E-state index contributed by atoms with van der Waals surface area (Å²) >= 11 is 0. The second-order valence-corrected chi connectivity index (χ2v) is 7.73. The van der Waals surface area contributed by atoms with Gasteiger partial charge in [0.25, 0.3) is 0 Å². The number of hydrogen-bond donors (Lipinski definition) is 1. The molecule has 26 heavy (non-hydrogen) atoms. The van der Waals surface area contributed by atoms with Gasteiger partial charge in [0.05, 0.1) is 12.7 Å². The lowest BCUT2D eigenvalue weighted by atomic mass is 9.72. The molecule has 0 radical (unpaired) electrons. The number of carbonyl (C=O) groups excluding carboxylic acids is 1. The molecule has 5 nitrogen and oxygen atoms in total. The van der Waals surface area contributed by atoms with Crippen molar-refractivity contribution in [2.75, 3.05) is 46.5 Å². The topological polar surface area (TPSA) is 50.8 Å². The normalized spacial score (nSPS) is 23.5. The third-order valence-electron chi connectivity index (χ3n) is 5.77. The molecule has 0 unspecified atom stereocenters. The van der Waals surface area contributed by atoms with E-state index in [2.05, 4.69) is 41.5 Å². The van der Waals surface area contributed by atoms with Gasteiger partial charge >= 0.3 is 0 Å². The van der Waals surface area contributed by atoms with Crippen LogP contribution in [0, 0.1) is 0 Å². The first-order chi connectivity index (χ1) is 12.7. The van der Waals surface area contributed by atoms with Crippen LogP contribution in [0.4, 0.5) is 0 Å². The summed E-state index contributed by atoms with van der Waals surface area (Å²) in [4.78, 5) is 14.6. The van der Waals surface area contributed by atoms with Crippen molar-refractivity contribution >= 4 is 5.91 Å². The van der Waals surface area contributed by atoms with E-state index < -0.39 is 0 Å². The molecule has 1 aromatic carbocycles. The van der Waals surface area contributed by atoms with Crippen molar-refractivity contribution in [3.05, 3.63) is 35.9 Å². The van der Waals surface area contributed by atoms with Gasteiger partial charge in [-0.2, -0.15) is 0 Å². The zero-order valence-corrected chi connectivity index (χ0v) is 15.9. The fourth-order valence-electron chi connectivity index (χ4n) is 3.95.